The molecule has 0 unspecified atom stereocenters. The van der Waals surface area contributed by atoms with Crippen LogP contribution in [0.25, 0.3) is 10.9 Å². The summed E-state index contributed by atoms with van der Waals surface area (Å²) in [5.41, 5.74) is 1.53. The minimum absolute atomic E-state index is 0.0788. The molecule has 0 bridgehead atoms. The van der Waals surface area contributed by atoms with Crippen LogP contribution in [0.1, 0.15) is 6.42 Å². The number of hydrogen-bond acceptors (Lipinski definition) is 7. The molecule has 1 aliphatic rings. The molecule has 2 aromatic carbocycles. The highest BCUT2D eigenvalue weighted by atomic mass is 35.5. The minimum atomic E-state index is -2.04. The van der Waals surface area contributed by atoms with E-state index < -0.39 is 14.1 Å². The van der Waals surface area contributed by atoms with E-state index in [1.54, 1.807) is 19.2 Å². The van der Waals surface area contributed by atoms with Gasteiger partial charge in [0.05, 0.1) is 37.5 Å². The minimum Gasteiger partial charge on any atom is -0.493 e. The van der Waals surface area contributed by atoms with Gasteiger partial charge in [0.2, 0.25) is 0 Å². The van der Waals surface area contributed by atoms with Crippen molar-refractivity contribution in [1.29, 1.82) is 0 Å². The Balaban J connectivity index is 1.66. The molecule has 1 fully saturated rings. The first-order valence-electron chi connectivity index (χ1n) is 11.8. The SMILES string of the molecule is COc1cc2ncnc(N(c3ccc(F)c(Cl)c3)[Si](C)(C)C)c2cc1OCCCN1CCOCC1. The Kier molecular flexibility index (Phi) is 8.11. The van der Waals surface area contributed by atoms with Crippen molar-refractivity contribution in [3.8, 4) is 11.5 Å². The van der Waals surface area contributed by atoms with Gasteiger partial charge in [0, 0.05) is 36.8 Å². The number of benzene rings is 2. The van der Waals surface area contributed by atoms with Gasteiger partial charge in [-0.05, 0) is 30.7 Å². The van der Waals surface area contributed by atoms with Gasteiger partial charge in [-0.2, -0.15) is 0 Å². The topological polar surface area (TPSA) is 60.0 Å². The lowest BCUT2D eigenvalue weighted by atomic mass is 10.2. The van der Waals surface area contributed by atoms with Crippen molar-refractivity contribution < 1.29 is 18.6 Å². The summed E-state index contributed by atoms with van der Waals surface area (Å²) in [4.78, 5) is 11.5. The fraction of sp³-hybridized carbons (Fsp3) is 0.440. The average molecular weight is 519 g/mol. The van der Waals surface area contributed by atoms with Crippen LogP contribution in [-0.4, -0.2) is 69.7 Å². The number of fused-ring (bicyclic) bond motifs is 1. The van der Waals surface area contributed by atoms with Crippen LogP contribution in [0.4, 0.5) is 15.9 Å². The third-order valence-electron chi connectivity index (χ3n) is 5.92. The smallest absolute Gasteiger partial charge is 0.162 e. The maximum Gasteiger partial charge on any atom is 0.162 e. The predicted octanol–water partition coefficient (Wildman–Crippen LogP) is 5.51. The molecule has 1 aromatic heterocycles. The molecule has 35 heavy (non-hydrogen) atoms. The average Bonchev–Trinajstić information content (AvgIpc) is 2.83. The zero-order valence-corrected chi connectivity index (χ0v) is 22.4. The van der Waals surface area contributed by atoms with Crippen LogP contribution in [-0.2, 0) is 4.74 Å². The first-order valence-corrected chi connectivity index (χ1v) is 15.6. The predicted molar refractivity (Wildman–Crippen MR) is 140 cm³/mol. The molecular weight excluding hydrogens is 487 g/mol. The van der Waals surface area contributed by atoms with Crippen molar-refractivity contribution in [2.45, 2.75) is 26.1 Å². The van der Waals surface area contributed by atoms with Gasteiger partial charge in [-0.3, -0.25) is 4.90 Å². The maximum absolute atomic E-state index is 13.9. The Bertz CT molecular complexity index is 1170. The van der Waals surface area contributed by atoms with E-state index in [0.717, 1.165) is 61.7 Å². The molecule has 4 rings (SSSR count). The molecule has 0 spiro atoms. The van der Waals surface area contributed by atoms with Crippen LogP contribution in [0.5, 0.6) is 11.5 Å². The van der Waals surface area contributed by atoms with Gasteiger partial charge in [-0.15, -0.1) is 0 Å². The summed E-state index contributed by atoms with van der Waals surface area (Å²) in [6.45, 7) is 11.6. The monoisotopic (exact) mass is 518 g/mol. The largest absolute Gasteiger partial charge is 0.493 e. The van der Waals surface area contributed by atoms with E-state index in [2.05, 4.69) is 39.1 Å². The molecule has 0 saturated carbocycles. The molecule has 0 N–H and O–H groups in total. The van der Waals surface area contributed by atoms with Gasteiger partial charge >= 0.3 is 0 Å². The number of methoxy groups -OCH3 is 1. The summed E-state index contributed by atoms with van der Waals surface area (Å²) in [6, 6.07) is 8.59. The molecule has 7 nitrogen and oxygen atoms in total. The first-order chi connectivity index (χ1) is 16.8. The molecule has 0 radical (unpaired) electrons. The van der Waals surface area contributed by atoms with Gasteiger partial charge in [0.1, 0.15) is 18.0 Å². The second-order valence-corrected chi connectivity index (χ2v) is 14.7. The molecule has 2 heterocycles. The standard InChI is InChI=1S/C25H32ClFN4O3Si/c1-32-23-16-22-19(15-24(23)34-11-5-8-30-9-12-33-13-10-30)25(29-17-28-22)31(35(2,3)4)18-6-7-21(27)20(26)14-18/h6-7,14-17H,5,8-13H2,1-4H3. The normalized spacial score (nSPS) is 14.8. The lowest BCUT2D eigenvalue weighted by molar-refractivity contribution is 0.0357. The van der Waals surface area contributed by atoms with E-state index in [0.29, 0.717) is 18.1 Å². The maximum atomic E-state index is 13.9. The molecule has 1 saturated heterocycles. The van der Waals surface area contributed by atoms with E-state index in [1.165, 1.54) is 12.4 Å². The highest BCUT2D eigenvalue weighted by Gasteiger charge is 2.29. The lowest BCUT2D eigenvalue weighted by Crippen LogP contribution is -2.43. The van der Waals surface area contributed by atoms with E-state index in [9.17, 15) is 4.39 Å². The third-order valence-corrected chi connectivity index (χ3v) is 8.02. The van der Waals surface area contributed by atoms with Gasteiger partial charge in [0.25, 0.3) is 0 Å². The van der Waals surface area contributed by atoms with E-state index >= 15 is 0 Å². The molecule has 0 atom stereocenters. The zero-order chi connectivity index (χ0) is 25.0. The van der Waals surface area contributed by atoms with E-state index in [4.69, 9.17) is 25.8 Å². The number of halogens is 2. The van der Waals surface area contributed by atoms with E-state index in [1.807, 2.05) is 12.1 Å². The van der Waals surface area contributed by atoms with Crippen LogP contribution in [0, 0.1) is 5.82 Å². The molecular formula is C25H32ClFN4O3Si. The summed E-state index contributed by atoms with van der Waals surface area (Å²) < 4.78 is 33.3. The molecule has 0 amide bonds. The highest BCUT2D eigenvalue weighted by Crippen LogP contribution is 2.39. The number of hydrogen-bond donors (Lipinski definition) is 0. The number of nitrogens with zero attached hydrogens (tertiary/aromatic N) is 4. The molecule has 188 valence electrons. The number of anilines is 2. The highest BCUT2D eigenvalue weighted by molar-refractivity contribution is 6.81. The summed E-state index contributed by atoms with van der Waals surface area (Å²) >= 11 is 6.14. The van der Waals surface area contributed by atoms with E-state index in [-0.39, 0.29) is 5.02 Å². The fourth-order valence-electron chi connectivity index (χ4n) is 4.25. The Labute approximate surface area is 211 Å². The van der Waals surface area contributed by atoms with Crippen molar-refractivity contribution in [2.24, 2.45) is 0 Å². The Morgan fingerprint density at radius 1 is 1.11 bits per heavy atom. The molecule has 10 heteroatoms. The summed E-state index contributed by atoms with van der Waals surface area (Å²) in [5.74, 6) is 1.55. The molecule has 1 aliphatic heterocycles. The van der Waals surface area contributed by atoms with Crippen LogP contribution < -0.4 is 14.0 Å². The lowest BCUT2D eigenvalue weighted by Gasteiger charge is -2.36. The van der Waals surface area contributed by atoms with Crippen molar-refractivity contribution in [1.82, 2.24) is 14.9 Å². The van der Waals surface area contributed by atoms with Crippen molar-refractivity contribution in [2.75, 3.05) is 51.1 Å². The zero-order valence-electron chi connectivity index (χ0n) is 20.7. The first kappa shape index (κ1) is 25.6. The van der Waals surface area contributed by atoms with Crippen molar-refractivity contribution in [3.05, 3.63) is 47.5 Å². The fourth-order valence-corrected chi connectivity index (χ4v) is 6.15. The summed E-state index contributed by atoms with van der Waals surface area (Å²) in [5, 5.41) is 0.912. The second kappa shape index (κ2) is 11.1. The van der Waals surface area contributed by atoms with Crippen molar-refractivity contribution >= 4 is 42.2 Å². The van der Waals surface area contributed by atoms with Gasteiger partial charge < -0.3 is 18.8 Å². The molecule has 0 aliphatic carbocycles. The quantitative estimate of drug-likeness (QED) is 0.273. The Hall–Kier alpha value is -2.46. The van der Waals surface area contributed by atoms with Gasteiger partial charge in [-0.25, -0.2) is 14.4 Å². The van der Waals surface area contributed by atoms with Crippen LogP contribution in [0.2, 0.25) is 24.7 Å². The third kappa shape index (κ3) is 6.03. The van der Waals surface area contributed by atoms with Crippen LogP contribution in [0.3, 0.4) is 0 Å². The number of ether oxygens (including phenoxy) is 3. The Morgan fingerprint density at radius 2 is 1.89 bits per heavy atom. The summed E-state index contributed by atoms with van der Waals surface area (Å²) in [6.07, 6.45) is 2.44. The summed E-state index contributed by atoms with van der Waals surface area (Å²) in [7, 11) is -0.418. The van der Waals surface area contributed by atoms with Gasteiger partial charge in [-0.1, -0.05) is 31.2 Å². The van der Waals surface area contributed by atoms with Crippen LogP contribution >= 0.6 is 11.6 Å². The number of morpholine rings is 1. The van der Waals surface area contributed by atoms with Crippen LogP contribution in [0.15, 0.2) is 36.7 Å². The number of aromatic nitrogens is 2. The Morgan fingerprint density at radius 3 is 2.57 bits per heavy atom. The number of rotatable bonds is 9. The second-order valence-electron chi connectivity index (χ2n) is 9.48. The van der Waals surface area contributed by atoms with Gasteiger partial charge in [0.15, 0.2) is 19.7 Å². The molecule has 3 aromatic rings. The van der Waals surface area contributed by atoms with Crippen molar-refractivity contribution in [3.63, 3.8) is 0 Å².